The van der Waals surface area contributed by atoms with Gasteiger partial charge in [-0.25, -0.2) is 4.57 Å². The number of hydrogen-bond donors (Lipinski definition) is 1. The molecule has 9 heteroatoms. The number of methoxy groups -OCH3 is 1. The first-order chi connectivity index (χ1) is 20.3. The van der Waals surface area contributed by atoms with Crippen molar-refractivity contribution < 1.29 is 32.5 Å². The molecule has 0 radical (unpaired) electrons. The van der Waals surface area contributed by atoms with E-state index in [1.54, 1.807) is 47.7 Å². The first-order valence-electron chi connectivity index (χ1n) is 15.4. The van der Waals surface area contributed by atoms with E-state index in [4.69, 9.17) is 18.5 Å². The molecule has 0 aliphatic rings. The number of aryl methyl sites for hydroxylation is 1. The fourth-order valence-electron chi connectivity index (χ4n) is 4.85. The molecule has 1 atom stereocenters. The molecular formula is C33H49NO6PS+. The third-order valence-electron chi connectivity index (χ3n) is 7.39. The van der Waals surface area contributed by atoms with Gasteiger partial charge in [-0.2, -0.15) is 4.57 Å². The molecule has 0 fully saturated rings. The molecule has 0 bridgehead atoms. The van der Waals surface area contributed by atoms with Crippen molar-refractivity contribution in [1.82, 2.24) is 0 Å². The molecule has 0 aliphatic heterocycles. The van der Waals surface area contributed by atoms with Gasteiger partial charge in [-0.15, -0.1) is 0 Å². The summed E-state index contributed by atoms with van der Waals surface area (Å²) in [5, 5.41) is 0. The molecule has 0 saturated heterocycles. The molecule has 0 aliphatic carbocycles. The number of aromatic nitrogens is 1. The molecule has 1 N–H and O–H groups in total. The van der Waals surface area contributed by atoms with Crippen LogP contribution >= 0.6 is 19.2 Å². The molecule has 1 heterocycles. The Morgan fingerprint density at radius 3 is 2.07 bits per heavy atom. The summed E-state index contributed by atoms with van der Waals surface area (Å²) in [4.78, 5) is 11.8. The Labute approximate surface area is 256 Å². The second-order valence-corrected chi connectivity index (χ2v) is 13.2. The summed E-state index contributed by atoms with van der Waals surface area (Å²) in [6.45, 7) is 7.60. The van der Waals surface area contributed by atoms with E-state index in [1.807, 2.05) is 6.07 Å². The van der Waals surface area contributed by atoms with Gasteiger partial charge in [0.25, 0.3) is 0 Å². The maximum atomic E-state index is 13.0. The van der Waals surface area contributed by atoms with Gasteiger partial charge in [-0.3, -0.25) is 4.89 Å². The highest BCUT2D eigenvalue weighted by molar-refractivity contribution is 7.48. The van der Waals surface area contributed by atoms with Crippen molar-refractivity contribution in [3.63, 3.8) is 0 Å². The third kappa shape index (κ3) is 11.6. The molecule has 0 saturated carbocycles. The predicted molar refractivity (Wildman–Crippen MR) is 170 cm³/mol. The van der Waals surface area contributed by atoms with E-state index in [-0.39, 0.29) is 17.2 Å². The van der Waals surface area contributed by atoms with Gasteiger partial charge in [0.15, 0.2) is 23.7 Å². The van der Waals surface area contributed by atoms with Crippen LogP contribution in [0.4, 0.5) is 0 Å². The number of para-hydroxylation sites is 1. The van der Waals surface area contributed by atoms with Gasteiger partial charge in [0.2, 0.25) is 11.3 Å². The van der Waals surface area contributed by atoms with E-state index < -0.39 is 7.82 Å². The molecule has 1 unspecified atom stereocenters. The lowest BCUT2D eigenvalue weighted by Gasteiger charge is -2.18. The maximum absolute atomic E-state index is 13.0. The van der Waals surface area contributed by atoms with Crippen LogP contribution in [0.15, 0.2) is 48.0 Å². The van der Waals surface area contributed by atoms with Gasteiger partial charge in [0.1, 0.15) is 5.75 Å². The van der Waals surface area contributed by atoms with E-state index in [2.05, 4.69) is 30.8 Å². The lowest BCUT2D eigenvalue weighted by molar-refractivity contribution is -0.689. The average molecular weight is 619 g/mol. The van der Waals surface area contributed by atoms with Crippen LogP contribution in [0.5, 0.6) is 23.0 Å². The lowest BCUT2D eigenvalue weighted by atomic mass is 10.1. The van der Waals surface area contributed by atoms with Crippen molar-refractivity contribution in [1.29, 1.82) is 0 Å². The quantitative estimate of drug-likeness (QED) is 0.0728. The topological polar surface area (TPSA) is 78.1 Å². The van der Waals surface area contributed by atoms with Gasteiger partial charge in [0.05, 0.1) is 18.6 Å². The second-order valence-electron chi connectivity index (χ2n) is 10.8. The SMILES string of the molecule is CCCCCCCCCCCCCCOc1cccc(OP(=O)(O)Oc2cccc(C[n+]3csc(C)c3C)c2)c1OC. The summed E-state index contributed by atoms with van der Waals surface area (Å²) in [6.07, 6.45) is 15.3. The largest absolute Gasteiger partial charge is 0.585 e. The number of thiazole rings is 1. The smallest absolute Gasteiger partial charge is 0.490 e. The van der Waals surface area contributed by atoms with Crippen LogP contribution in [0, 0.1) is 13.8 Å². The van der Waals surface area contributed by atoms with Crippen molar-refractivity contribution in [3.05, 3.63) is 64.1 Å². The van der Waals surface area contributed by atoms with Crippen molar-refractivity contribution in [2.45, 2.75) is 104 Å². The third-order valence-corrected chi connectivity index (χ3v) is 9.26. The van der Waals surface area contributed by atoms with Crippen LogP contribution in [0.25, 0.3) is 0 Å². The van der Waals surface area contributed by atoms with Gasteiger partial charge in [-0.05, 0) is 37.6 Å². The average Bonchev–Trinajstić information content (AvgIpc) is 3.27. The lowest BCUT2D eigenvalue weighted by Crippen LogP contribution is -2.34. The van der Waals surface area contributed by atoms with Crippen molar-refractivity contribution in [2.75, 3.05) is 13.7 Å². The minimum absolute atomic E-state index is 0.0895. The highest BCUT2D eigenvalue weighted by atomic mass is 32.1. The molecule has 42 heavy (non-hydrogen) atoms. The number of rotatable bonds is 21. The summed E-state index contributed by atoms with van der Waals surface area (Å²) in [7, 11) is -3.02. The number of ether oxygens (including phenoxy) is 2. The van der Waals surface area contributed by atoms with Crippen LogP contribution < -0.4 is 23.1 Å². The number of phosphoric acid groups is 1. The zero-order valence-corrected chi connectivity index (χ0v) is 27.5. The zero-order valence-electron chi connectivity index (χ0n) is 25.8. The molecule has 0 amide bonds. The Balaban J connectivity index is 1.44. The summed E-state index contributed by atoms with van der Waals surface area (Å²) in [5.41, 5.74) is 4.21. The first-order valence-corrected chi connectivity index (χ1v) is 17.8. The van der Waals surface area contributed by atoms with Crippen LogP contribution in [0.2, 0.25) is 0 Å². The molecule has 0 spiro atoms. The predicted octanol–water partition coefficient (Wildman–Crippen LogP) is 9.35. The zero-order chi connectivity index (χ0) is 30.2. The molecule has 232 valence electrons. The van der Waals surface area contributed by atoms with Crippen molar-refractivity contribution >= 4 is 19.2 Å². The summed E-state index contributed by atoms with van der Waals surface area (Å²) in [5.74, 6) is 1.08. The van der Waals surface area contributed by atoms with Gasteiger partial charge in [0, 0.05) is 12.5 Å². The highest BCUT2D eigenvalue weighted by Crippen LogP contribution is 2.49. The Kier molecular flexibility index (Phi) is 14.7. The molecule has 7 nitrogen and oxygen atoms in total. The van der Waals surface area contributed by atoms with Crippen LogP contribution in [-0.2, 0) is 11.1 Å². The maximum Gasteiger partial charge on any atom is 0.585 e. The molecular weight excluding hydrogens is 569 g/mol. The monoisotopic (exact) mass is 618 g/mol. The molecule has 2 aromatic carbocycles. The Morgan fingerprint density at radius 1 is 0.833 bits per heavy atom. The fourth-order valence-corrected chi connectivity index (χ4v) is 6.46. The Morgan fingerprint density at radius 2 is 1.45 bits per heavy atom. The summed E-state index contributed by atoms with van der Waals surface area (Å²) < 4.78 is 37.4. The van der Waals surface area contributed by atoms with E-state index >= 15 is 0 Å². The van der Waals surface area contributed by atoms with Gasteiger partial charge >= 0.3 is 7.82 Å². The molecule has 3 aromatic rings. The minimum atomic E-state index is -4.50. The van der Waals surface area contributed by atoms with E-state index in [9.17, 15) is 9.46 Å². The Hall–Kier alpha value is -2.54. The minimum Gasteiger partial charge on any atom is -0.490 e. The van der Waals surface area contributed by atoms with Crippen molar-refractivity contribution in [3.8, 4) is 23.0 Å². The number of benzene rings is 2. The molecule has 3 rings (SSSR count). The van der Waals surface area contributed by atoms with Gasteiger partial charge < -0.3 is 18.5 Å². The summed E-state index contributed by atoms with van der Waals surface area (Å²) >= 11 is 1.69. The van der Waals surface area contributed by atoms with E-state index in [1.165, 1.54) is 81.9 Å². The number of hydrogen-bond acceptors (Lipinski definition) is 6. The number of nitrogens with zero attached hydrogens (tertiary/aromatic N) is 1. The van der Waals surface area contributed by atoms with E-state index in [0.29, 0.717) is 18.9 Å². The molecule has 1 aromatic heterocycles. The standard InChI is InChI=1S/C33H48NO6PS/c1-5-6-7-8-9-10-11-12-13-14-15-16-23-38-31-21-18-22-32(33(31)37-4)40-41(35,36)39-30-20-17-19-29(24-30)25-34-26-42-28(3)27(34)2/h17-22,24,26H,5-16,23,25H2,1-4H3/p+1. The van der Waals surface area contributed by atoms with E-state index in [0.717, 1.165) is 18.4 Å². The summed E-state index contributed by atoms with van der Waals surface area (Å²) in [6, 6.07) is 12.2. The Bertz CT molecular complexity index is 1260. The van der Waals surface area contributed by atoms with Crippen LogP contribution in [-0.4, -0.2) is 18.6 Å². The second kappa shape index (κ2) is 18.2. The van der Waals surface area contributed by atoms with Crippen LogP contribution in [0.3, 0.4) is 0 Å². The van der Waals surface area contributed by atoms with Crippen LogP contribution in [0.1, 0.15) is 100 Å². The number of phosphoric ester groups is 1. The highest BCUT2D eigenvalue weighted by Gasteiger charge is 2.28. The van der Waals surface area contributed by atoms with Gasteiger partial charge in [-0.1, -0.05) is 107 Å². The fraction of sp³-hybridized carbons (Fsp3) is 0.545. The normalized spacial score (nSPS) is 12.6. The first kappa shape index (κ1) is 34.0. The van der Waals surface area contributed by atoms with Crippen molar-refractivity contribution in [2.24, 2.45) is 0 Å². The number of unbranched alkanes of at least 4 members (excludes halogenated alkanes) is 11.